The third kappa shape index (κ3) is 2.20. The summed E-state index contributed by atoms with van der Waals surface area (Å²) in [6, 6.07) is 0. The first-order valence-electron chi connectivity index (χ1n) is 6.06. The van der Waals surface area contributed by atoms with Gasteiger partial charge in [0.2, 0.25) is 0 Å². The fourth-order valence-corrected chi connectivity index (χ4v) is 1.66. The van der Waals surface area contributed by atoms with E-state index < -0.39 is 7.12 Å². The Balaban J connectivity index is 2.30. The van der Waals surface area contributed by atoms with E-state index in [4.69, 9.17) is 9.31 Å². The molecule has 0 unspecified atom stereocenters. The number of nitrogens with zero attached hydrogens (tertiary/aromatic N) is 2. The van der Waals surface area contributed by atoms with Crippen molar-refractivity contribution in [1.29, 1.82) is 0 Å². The molecule has 0 N–H and O–H groups in total. The molecular weight excluding hydrogens is 227 g/mol. The van der Waals surface area contributed by atoms with E-state index in [2.05, 4.69) is 16.5 Å². The summed E-state index contributed by atoms with van der Waals surface area (Å²) in [6.07, 6.45) is 3.37. The molecular formula is C13H19BN2O2. The van der Waals surface area contributed by atoms with Gasteiger partial charge in [-0.1, -0.05) is 6.58 Å². The molecule has 5 heteroatoms. The summed E-state index contributed by atoms with van der Waals surface area (Å²) >= 11 is 0. The molecule has 1 aromatic rings. The monoisotopic (exact) mass is 246 g/mol. The highest BCUT2D eigenvalue weighted by atomic mass is 16.7. The Kier molecular flexibility index (Phi) is 3.07. The predicted molar refractivity (Wildman–Crippen MR) is 72.5 cm³/mol. The molecule has 1 fully saturated rings. The van der Waals surface area contributed by atoms with Gasteiger partial charge in [0.15, 0.2) is 0 Å². The molecule has 0 atom stereocenters. The molecule has 1 aliphatic rings. The molecule has 0 aromatic carbocycles. The van der Waals surface area contributed by atoms with E-state index in [9.17, 15) is 0 Å². The predicted octanol–water partition coefficient (Wildman–Crippen LogP) is 1.81. The average Bonchev–Trinajstić information content (AvgIpc) is 2.48. The van der Waals surface area contributed by atoms with Crippen LogP contribution in [0.25, 0.3) is 5.57 Å². The van der Waals surface area contributed by atoms with Crippen LogP contribution in [0.5, 0.6) is 0 Å². The van der Waals surface area contributed by atoms with Crippen LogP contribution in [0.1, 0.15) is 40.3 Å². The Hall–Kier alpha value is -1.20. The summed E-state index contributed by atoms with van der Waals surface area (Å²) in [6.45, 7) is 13.8. The molecule has 4 nitrogen and oxygen atoms in total. The van der Waals surface area contributed by atoms with Gasteiger partial charge in [-0.05, 0) is 40.2 Å². The lowest BCUT2D eigenvalue weighted by atomic mass is 9.85. The second kappa shape index (κ2) is 4.18. The molecule has 1 aromatic heterocycles. The molecule has 2 heterocycles. The quantitative estimate of drug-likeness (QED) is 0.746. The van der Waals surface area contributed by atoms with Crippen LogP contribution >= 0.6 is 0 Å². The summed E-state index contributed by atoms with van der Waals surface area (Å²) in [5.41, 5.74) is 1.61. The summed E-state index contributed by atoms with van der Waals surface area (Å²) in [7, 11) is -0.471. The minimum Gasteiger partial charge on any atom is -0.398 e. The van der Waals surface area contributed by atoms with E-state index in [0.717, 1.165) is 11.3 Å². The van der Waals surface area contributed by atoms with E-state index in [1.165, 1.54) is 0 Å². The summed E-state index contributed by atoms with van der Waals surface area (Å²) in [5.74, 6) is 0. The summed E-state index contributed by atoms with van der Waals surface area (Å²) in [4.78, 5) is 8.64. The van der Waals surface area contributed by atoms with Gasteiger partial charge in [-0.25, -0.2) is 0 Å². The van der Waals surface area contributed by atoms with Crippen molar-refractivity contribution in [2.24, 2.45) is 0 Å². The van der Waals surface area contributed by atoms with Gasteiger partial charge in [0.05, 0.1) is 28.7 Å². The molecule has 2 rings (SSSR count). The SMILES string of the molecule is C=C(C)c1cncc(B2OC(C)(C)C(C)(C)O2)n1. The molecule has 1 aliphatic heterocycles. The van der Waals surface area contributed by atoms with E-state index >= 15 is 0 Å². The number of hydrogen-bond acceptors (Lipinski definition) is 4. The van der Waals surface area contributed by atoms with Crippen molar-refractivity contribution < 1.29 is 9.31 Å². The number of allylic oxidation sites excluding steroid dienone is 1. The smallest absolute Gasteiger partial charge is 0.398 e. The van der Waals surface area contributed by atoms with Crippen LogP contribution in [0.15, 0.2) is 19.0 Å². The molecule has 0 bridgehead atoms. The highest BCUT2D eigenvalue weighted by Gasteiger charge is 2.52. The van der Waals surface area contributed by atoms with Crippen LogP contribution in [0.4, 0.5) is 0 Å². The van der Waals surface area contributed by atoms with Crippen molar-refractivity contribution in [1.82, 2.24) is 9.97 Å². The average molecular weight is 246 g/mol. The second-order valence-electron chi connectivity index (χ2n) is 5.70. The van der Waals surface area contributed by atoms with Gasteiger partial charge in [0, 0.05) is 6.20 Å². The summed E-state index contributed by atoms with van der Waals surface area (Å²) in [5, 5.41) is 0. The maximum absolute atomic E-state index is 5.93. The van der Waals surface area contributed by atoms with Gasteiger partial charge in [0.1, 0.15) is 0 Å². The van der Waals surface area contributed by atoms with Crippen molar-refractivity contribution in [3.63, 3.8) is 0 Å². The van der Waals surface area contributed by atoms with Gasteiger partial charge in [-0.2, -0.15) is 0 Å². The fraction of sp³-hybridized carbons (Fsp3) is 0.538. The Morgan fingerprint density at radius 1 is 1.17 bits per heavy atom. The van der Waals surface area contributed by atoms with Crippen molar-refractivity contribution >= 4 is 18.3 Å². The molecule has 0 amide bonds. The highest BCUT2D eigenvalue weighted by Crippen LogP contribution is 2.36. The lowest BCUT2D eigenvalue weighted by Gasteiger charge is -2.32. The second-order valence-corrected chi connectivity index (χ2v) is 5.70. The van der Waals surface area contributed by atoms with Gasteiger partial charge in [-0.3, -0.25) is 9.97 Å². The number of hydrogen-bond donors (Lipinski definition) is 0. The lowest BCUT2D eigenvalue weighted by molar-refractivity contribution is 0.00578. The Morgan fingerprint density at radius 3 is 2.22 bits per heavy atom. The summed E-state index contributed by atoms with van der Waals surface area (Å²) < 4.78 is 11.9. The van der Waals surface area contributed by atoms with Crippen molar-refractivity contribution in [2.75, 3.05) is 0 Å². The van der Waals surface area contributed by atoms with Crippen LogP contribution in [-0.2, 0) is 9.31 Å². The minimum atomic E-state index is -0.471. The molecule has 18 heavy (non-hydrogen) atoms. The van der Waals surface area contributed by atoms with Gasteiger partial charge < -0.3 is 9.31 Å². The Morgan fingerprint density at radius 2 is 1.72 bits per heavy atom. The van der Waals surface area contributed by atoms with Gasteiger partial charge in [0.25, 0.3) is 0 Å². The molecule has 0 aliphatic carbocycles. The molecule has 0 radical (unpaired) electrons. The first kappa shape index (κ1) is 13.2. The molecule has 1 saturated heterocycles. The first-order valence-corrected chi connectivity index (χ1v) is 6.06. The van der Waals surface area contributed by atoms with Gasteiger partial charge in [-0.15, -0.1) is 0 Å². The first-order chi connectivity index (χ1) is 8.23. The minimum absolute atomic E-state index is 0.363. The normalized spacial score (nSPS) is 21.1. The highest BCUT2D eigenvalue weighted by molar-refractivity contribution is 6.61. The van der Waals surface area contributed by atoms with Crippen LogP contribution in [0.3, 0.4) is 0 Å². The third-order valence-electron chi connectivity index (χ3n) is 3.59. The topological polar surface area (TPSA) is 44.2 Å². The Bertz CT molecular complexity index is 470. The molecule has 0 spiro atoms. The molecule has 0 saturated carbocycles. The van der Waals surface area contributed by atoms with E-state index in [-0.39, 0.29) is 11.2 Å². The fourth-order valence-electron chi connectivity index (χ4n) is 1.66. The van der Waals surface area contributed by atoms with Crippen molar-refractivity contribution in [3.05, 3.63) is 24.7 Å². The van der Waals surface area contributed by atoms with Crippen LogP contribution in [0, 0.1) is 0 Å². The maximum Gasteiger partial charge on any atom is 0.516 e. The van der Waals surface area contributed by atoms with E-state index in [0.29, 0.717) is 5.59 Å². The molecule has 96 valence electrons. The standard InChI is InChI=1S/C13H19BN2O2/c1-9(2)10-7-15-8-11(16-10)14-17-12(3,4)13(5,6)18-14/h7-8H,1H2,2-6H3. The van der Waals surface area contributed by atoms with Crippen molar-refractivity contribution in [2.45, 2.75) is 45.8 Å². The van der Waals surface area contributed by atoms with Crippen LogP contribution < -0.4 is 5.59 Å². The van der Waals surface area contributed by atoms with Gasteiger partial charge >= 0.3 is 7.12 Å². The van der Waals surface area contributed by atoms with E-state index in [1.54, 1.807) is 12.4 Å². The third-order valence-corrected chi connectivity index (χ3v) is 3.59. The maximum atomic E-state index is 5.93. The zero-order valence-corrected chi connectivity index (χ0v) is 11.7. The zero-order valence-electron chi connectivity index (χ0n) is 11.7. The Labute approximate surface area is 109 Å². The largest absolute Gasteiger partial charge is 0.516 e. The zero-order chi connectivity index (χ0) is 13.6. The number of rotatable bonds is 2. The number of aromatic nitrogens is 2. The van der Waals surface area contributed by atoms with Crippen LogP contribution in [0.2, 0.25) is 0 Å². The lowest BCUT2D eigenvalue weighted by Crippen LogP contribution is -2.41. The van der Waals surface area contributed by atoms with E-state index in [1.807, 2.05) is 34.6 Å². The van der Waals surface area contributed by atoms with Crippen molar-refractivity contribution in [3.8, 4) is 0 Å². The van der Waals surface area contributed by atoms with Crippen LogP contribution in [-0.4, -0.2) is 28.3 Å².